The highest BCUT2D eigenvalue weighted by Crippen LogP contribution is 2.34. The molecule has 0 aliphatic heterocycles. The minimum Gasteiger partial charge on any atom is -0.479 e. The Labute approximate surface area is 79.1 Å². The third-order valence-corrected chi connectivity index (χ3v) is 2.18. The first kappa shape index (κ1) is 12.4. The van der Waals surface area contributed by atoms with E-state index in [9.17, 15) is 9.18 Å². The van der Waals surface area contributed by atoms with Crippen molar-refractivity contribution < 1.29 is 14.3 Å². The van der Waals surface area contributed by atoms with E-state index in [1.165, 1.54) is 0 Å². The molecule has 78 valence electrons. The average molecular weight is 190 g/mol. The predicted octanol–water partition coefficient (Wildman–Crippen LogP) is 3.02. The second kappa shape index (κ2) is 4.07. The van der Waals surface area contributed by atoms with E-state index in [1.807, 2.05) is 20.8 Å². The predicted molar refractivity (Wildman–Crippen MR) is 50.5 cm³/mol. The van der Waals surface area contributed by atoms with Crippen molar-refractivity contribution in [2.45, 2.75) is 52.6 Å². The van der Waals surface area contributed by atoms with Gasteiger partial charge in [-0.1, -0.05) is 27.2 Å². The molecule has 0 bridgehead atoms. The zero-order chi connectivity index (χ0) is 10.7. The van der Waals surface area contributed by atoms with E-state index in [4.69, 9.17) is 5.11 Å². The van der Waals surface area contributed by atoms with Gasteiger partial charge in [0.15, 0.2) is 0 Å². The van der Waals surface area contributed by atoms with Crippen LogP contribution in [0.2, 0.25) is 0 Å². The Kier molecular flexibility index (Phi) is 3.88. The third kappa shape index (κ3) is 4.25. The molecular formula is C10H19FO2. The molecular weight excluding hydrogens is 171 g/mol. The molecule has 1 atom stereocenters. The lowest BCUT2D eigenvalue weighted by Crippen LogP contribution is -2.35. The normalized spacial score (nSPS) is 16.7. The van der Waals surface area contributed by atoms with Crippen molar-refractivity contribution in [2.75, 3.05) is 0 Å². The Morgan fingerprint density at radius 2 is 1.85 bits per heavy atom. The molecule has 0 heterocycles. The Morgan fingerprint density at radius 1 is 1.38 bits per heavy atom. The van der Waals surface area contributed by atoms with Gasteiger partial charge in [0.1, 0.15) is 0 Å². The number of halogens is 1. The van der Waals surface area contributed by atoms with E-state index in [0.717, 1.165) is 19.8 Å². The van der Waals surface area contributed by atoms with Crippen LogP contribution in [0.4, 0.5) is 4.39 Å². The smallest absolute Gasteiger partial charge is 0.341 e. The van der Waals surface area contributed by atoms with Crippen LogP contribution in [0.3, 0.4) is 0 Å². The van der Waals surface area contributed by atoms with Gasteiger partial charge in [-0.05, 0) is 25.2 Å². The number of alkyl halides is 1. The number of carboxylic acids is 1. The first-order valence-corrected chi connectivity index (χ1v) is 4.63. The fourth-order valence-corrected chi connectivity index (χ4v) is 1.74. The molecule has 0 amide bonds. The van der Waals surface area contributed by atoms with Crippen molar-refractivity contribution in [3.63, 3.8) is 0 Å². The number of hydrogen-bond donors (Lipinski definition) is 1. The van der Waals surface area contributed by atoms with Gasteiger partial charge in [-0.15, -0.1) is 0 Å². The van der Waals surface area contributed by atoms with Gasteiger partial charge in [-0.3, -0.25) is 0 Å². The van der Waals surface area contributed by atoms with Gasteiger partial charge in [0.25, 0.3) is 0 Å². The number of carbonyl (C=O) groups is 1. The molecule has 2 nitrogen and oxygen atoms in total. The standard InChI is InChI=1S/C10H19FO2/c1-5-6-9(2,3)7-10(4,11)8(12)13/h5-7H2,1-4H3,(H,12,13). The number of carboxylic acid groups (broad SMARTS) is 1. The second-order valence-electron chi connectivity index (χ2n) is 4.59. The topological polar surface area (TPSA) is 37.3 Å². The largest absolute Gasteiger partial charge is 0.479 e. The molecule has 0 rings (SSSR count). The summed E-state index contributed by atoms with van der Waals surface area (Å²) >= 11 is 0. The number of aliphatic carboxylic acids is 1. The molecule has 0 radical (unpaired) electrons. The highest BCUT2D eigenvalue weighted by atomic mass is 19.1. The summed E-state index contributed by atoms with van der Waals surface area (Å²) in [4.78, 5) is 10.5. The summed E-state index contributed by atoms with van der Waals surface area (Å²) < 4.78 is 13.4. The highest BCUT2D eigenvalue weighted by Gasteiger charge is 2.38. The molecule has 1 unspecified atom stereocenters. The zero-order valence-corrected chi connectivity index (χ0v) is 8.85. The summed E-state index contributed by atoms with van der Waals surface area (Å²) in [5, 5.41) is 8.60. The Hall–Kier alpha value is -0.600. The summed E-state index contributed by atoms with van der Waals surface area (Å²) in [6.45, 7) is 6.94. The number of rotatable bonds is 5. The van der Waals surface area contributed by atoms with Crippen molar-refractivity contribution in [2.24, 2.45) is 5.41 Å². The third-order valence-electron chi connectivity index (χ3n) is 2.18. The fourth-order valence-electron chi connectivity index (χ4n) is 1.74. The molecule has 0 aromatic carbocycles. The molecule has 0 spiro atoms. The molecule has 3 heteroatoms. The van der Waals surface area contributed by atoms with Crippen LogP contribution in [0.25, 0.3) is 0 Å². The summed E-state index contributed by atoms with van der Waals surface area (Å²) in [6.07, 6.45) is 1.87. The van der Waals surface area contributed by atoms with E-state index >= 15 is 0 Å². The minimum atomic E-state index is -2.10. The Bertz CT molecular complexity index is 185. The second-order valence-corrected chi connectivity index (χ2v) is 4.59. The summed E-state index contributed by atoms with van der Waals surface area (Å²) in [5.74, 6) is -1.36. The van der Waals surface area contributed by atoms with Crippen molar-refractivity contribution >= 4 is 5.97 Å². The lowest BCUT2D eigenvalue weighted by molar-refractivity contribution is -0.151. The molecule has 0 aliphatic rings. The van der Waals surface area contributed by atoms with E-state index in [1.54, 1.807) is 0 Å². The molecule has 0 saturated carbocycles. The van der Waals surface area contributed by atoms with Gasteiger partial charge in [0, 0.05) is 0 Å². The first-order valence-electron chi connectivity index (χ1n) is 4.63. The Balaban J connectivity index is 4.33. The molecule has 0 aromatic heterocycles. The van der Waals surface area contributed by atoms with Gasteiger partial charge in [0.2, 0.25) is 5.67 Å². The maximum absolute atomic E-state index is 13.4. The molecule has 0 aromatic rings. The van der Waals surface area contributed by atoms with Gasteiger partial charge in [-0.2, -0.15) is 0 Å². The SMILES string of the molecule is CCCC(C)(C)CC(C)(F)C(=O)O. The van der Waals surface area contributed by atoms with Crippen LogP contribution in [-0.2, 0) is 4.79 Å². The monoisotopic (exact) mass is 190 g/mol. The zero-order valence-electron chi connectivity index (χ0n) is 8.85. The van der Waals surface area contributed by atoms with E-state index in [0.29, 0.717) is 0 Å². The average Bonchev–Trinajstić information content (AvgIpc) is 1.83. The molecule has 1 N–H and O–H groups in total. The van der Waals surface area contributed by atoms with Crippen molar-refractivity contribution in [1.82, 2.24) is 0 Å². The van der Waals surface area contributed by atoms with Crippen LogP contribution in [0.15, 0.2) is 0 Å². The van der Waals surface area contributed by atoms with Crippen LogP contribution in [0.5, 0.6) is 0 Å². The maximum Gasteiger partial charge on any atom is 0.341 e. The van der Waals surface area contributed by atoms with Gasteiger partial charge < -0.3 is 5.11 Å². The van der Waals surface area contributed by atoms with Crippen LogP contribution < -0.4 is 0 Å². The van der Waals surface area contributed by atoms with Gasteiger partial charge in [-0.25, -0.2) is 9.18 Å². The lowest BCUT2D eigenvalue weighted by atomic mass is 9.78. The molecule has 13 heavy (non-hydrogen) atoms. The van der Waals surface area contributed by atoms with Crippen LogP contribution in [0.1, 0.15) is 47.0 Å². The van der Waals surface area contributed by atoms with E-state index in [-0.39, 0.29) is 11.8 Å². The molecule has 0 saturated heterocycles. The van der Waals surface area contributed by atoms with Gasteiger partial charge in [0.05, 0.1) is 0 Å². The van der Waals surface area contributed by atoms with E-state index in [2.05, 4.69) is 0 Å². The van der Waals surface area contributed by atoms with E-state index < -0.39 is 11.6 Å². The minimum absolute atomic E-state index is 0.0726. The lowest BCUT2D eigenvalue weighted by Gasteiger charge is -2.29. The number of hydrogen-bond acceptors (Lipinski definition) is 1. The molecule has 0 aliphatic carbocycles. The van der Waals surface area contributed by atoms with Crippen molar-refractivity contribution in [3.05, 3.63) is 0 Å². The summed E-state index contributed by atoms with van der Waals surface area (Å²) in [7, 11) is 0. The van der Waals surface area contributed by atoms with Crippen LogP contribution in [-0.4, -0.2) is 16.7 Å². The maximum atomic E-state index is 13.4. The quantitative estimate of drug-likeness (QED) is 0.723. The van der Waals surface area contributed by atoms with Crippen LogP contribution in [0, 0.1) is 5.41 Å². The summed E-state index contributed by atoms with van der Waals surface area (Å²) in [5.41, 5.74) is -2.34. The summed E-state index contributed by atoms with van der Waals surface area (Å²) in [6, 6.07) is 0. The Morgan fingerprint density at radius 3 is 2.15 bits per heavy atom. The molecule has 0 fully saturated rings. The highest BCUT2D eigenvalue weighted by molar-refractivity contribution is 5.76. The fraction of sp³-hybridized carbons (Fsp3) is 0.900. The van der Waals surface area contributed by atoms with Crippen molar-refractivity contribution in [3.8, 4) is 0 Å². The van der Waals surface area contributed by atoms with Gasteiger partial charge >= 0.3 is 5.97 Å². The van der Waals surface area contributed by atoms with Crippen LogP contribution >= 0.6 is 0 Å². The first-order chi connectivity index (χ1) is 5.71. The van der Waals surface area contributed by atoms with Crippen molar-refractivity contribution in [1.29, 1.82) is 0 Å².